The van der Waals surface area contributed by atoms with Crippen molar-refractivity contribution in [3.63, 3.8) is 0 Å². The van der Waals surface area contributed by atoms with Crippen LogP contribution in [0.2, 0.25) is 0 Å². The van der Waals surface area contributed by atoms with Gasteiger partial charge in [-0.1, -0.05) is 38.8 Å². The molecule has 2 fully saturated rings. The Bertz CT molecular complexity index is 886. The zero-order chi connectivity index (χ0) is 21.5. The van der Waals surface area contributed by atoms with E-state index in [1.165, 1.54) is 36.9 Å². The molecule has 3 aliphatic rings. The summed E-state index contributed by atoms with van der Waals surface area (Å²) in [5, 5.41) is 8.46. The summed E-state index contributed by atoms with van der Waals surface area (Å²) in [4.78, 5) is 0. The molecule has 4 nitrogen and oxygen atoms in total. The van der Waals surface area contributed by atoms with E-state index in [9.17, 15) is 4.39 Å². The third-order valence-electron chi connectivity index (χ3n) is 8.23. The first kappa shape index (κ1) is 21.1. The van der Waals surface area contributed by atoms with Crippen LogP contribution in [0.25, 0.3) is 0 Å². The lowest BCUT2D eigenvalue weighted by molar-refractivity contribution is -0.103. The number of aromatic nitrogens is 2. The van der Waals surface area contributed by atoms with Crippen molar-refractivity contribution >= 4 is 0 Å². The van der Waals surface area contributed by atoms with Gasteiger partial charge in [0.2, 0.25) is 0 Å². The minimum absolute atomic E-state index is 0.0291. The van der Waals surface area contributed by atoms with Crippen molar-refractivity contribution in [2.75, 3.05) is 13.2 Å². The first-order valence-corrected chi connectivity index (χ1v) is 12.2. The number of halogens is 1. The van der Waals surface area contributed by atoms with Crippen molar-refractivity contribution in [2.45, 2.75) is 88.3 Å². The molecule has 5 heteroatoms. The summed E-state index contributed by atoms with van der Waals surface area (Å²) < 4.78 is 22.3. The monoisotopic (exact) mass is 425 g/mol. The van der Waals surface area contributed by atoms with Crippen LogP contribution >= 0.6 is 0 Å². The predicted molar refractivity (Wildman–Crippen MR) is 121 cm³/mol. The number of fused-ring (bicyclic) bond motifs is 1. The number of hydrogen-bond acceptors (Lipinski definition) is 3. The summed E-state index contributed by atoms with van der Waals surface area (Å²) >= 11 is 0. The summed E-state index contributed by atoms with van der Waals surface area (Å²) in [5.41, 5.74) is 2.68. The molecule has 2 unspecified atom stereocenters. The molecule has 1 spiro atoms. The SMILES string of the molecule is CC(C)C1CC(NCC[C@@]2(c3ccc(F)cc3)CCOC3(CCCC3)C2)c2ccnn21. The van der Waals surface area contributed by atoms with Crippen LogP contribution in [0.15, 0.2) is 36.5 Å². The molecular formula is C26H36FN3O. The number of benzene rings is 1. The summed E-state index contributed by atoms with van der Waals surface area (Å²) in [5.74, 6) is 0.423. The van der Waals surface area contributed by atoms with E-state index in [0.717, 1.165) is 38.8 Å². The van der Waals surface area contributed by atoms with Crippen molar-refractivity contribution in [3.05, 3.63) is 53.6 Å². The maximum Gasteiger partial charge on any atom is 0.123 e. The van der Waals surface area contributed by atoms with E-state index >= 15 is 0 Å². The van der Waals surface area contributed by atoms with E-state index < -0.39 is 0 Å². The zero-order valence-electron chi connectivity index (χ0n) is 18.9. The number of nitrogens with one attached hydrogen (secondary N) is 1. The summed E-state index contributed by atoms with van der Waals surface area (Å²) in [6.07, 6.45) is 11.0. The number of nitrogens with zero attached hydrogens (tertiary/aromatic N) is 2. The second kappa shape index (κ2) is 8.32. The quantitative estimate of drug-likeness (QED) is 0.645. The molecule has 1 saturated heterocycles. The van der Waals surface area contributed by atoms with Crippen LogP contribution in [-0.4, -0.2) is 28.5 Å². The molecule has 1 saturated carbocycles. The Hall–Kier alpha value is -1.72. The second-order valence-electron chi connectivity index (χ2n) is 10.5. The summed E-state index contributed by atoms with van der Waals surface area (Å²) in [6.45, 7) is 6.33. The van der Waals surface area contributed by atoms with E-state index in [1.54, 1.807) is 12.1 Å². The molecule has 5 rings (SSSR count). The minimum Gasteiger partial charge on any atom is -0.375 e. The Balaban J connectivity index is 1.33. The van der Waals surface area contributed by atoms with Gasteiger partial charge in [0.1, 0.15) is 5.82 Å². The lowest BCUT2D eigenvalue weighted by Crippen LogP contribution is -2.47. The molecular weight excluding hydrogens is 389 g/mol. The molecule has 3 heterocycles. The maximum atomic E-state index is 13.7. The second-order valence-corrected chi connectivity index (χ2v) is 10.5. The molecule has 1 N–H and O–H groups in total. The number of hydrogen-bond donors (Lipinski definition) is 1. The highest BCUT2D eigenvalue weighted by molar-refractivity contribution is 5.28. The Labute approximate surface area is 185 Å². The lowest BCUT2D eigenvalue weighted by Gasteiger charge is -2.47. The van der Waals surface area contributed by atoms with E-state index in [1.807, 2.05) is 18.3 Å². The van der Waals surface area contributed by atoms with Crippen molar-refractivity contribution in [1.29, 1.82) is 0 Å². The normalized spacial score (nSPS) is 29.7. The van der Waals surface area contributed by atoms with Gasteiger partial charge in [-0.05, 0) is 74.8 Å². The van der Waals surface area contributed by atoms with Crippen LogP contribution in [0.3, 0.4) is 0 Å². The van der Waals surface area contributed by atoms with Gasteiger partial charge in [0, 0.05) is 18.2 Å². The van der Waals surface area contributed by atoms with Crippen LogP contribution in [0.5, 0.6) is 0 Å². The standard InChI is InChI=1S/C26H36FN3O/c1-19(2)24-17-22(23-9-14-29-30(23)24)28-15-12-25(20-5-7-21(27)8-6-20)13-16-31-26(18-25)10-3-4-11-26/h5-9,14,19,22,24,28H,3-4,10-13,15-18H2,1-2H3/t22?,24?,25-/m1/s1. The van der Waals surface area contributed by atoms with Gasteiger partial charge in [-0.15, -0.1) is 0 Å². The van der Waals surface area contributed by atoms with Gasteiger partial charge in [-0.2, -0.15) is 5.10 Å². The first-order chi connectivity index (χ1) is 15.0. The first-order valence-electron chi connectivity index (χ1n) is 12.2. The van der Waals surface area contributed by atoms with E-state index in [2.05, 4.69) is 35.0 Å². The average Bonchev–Trinajstić information content (AvgIpc) is 3.47. The molecule has 0 bridgehead atoms. The Morgan fingerprint density at radius 3 is 2.68 bits per heavy atom. The highest BCUT2D eigenvalue weighted by atomic mass is 19.1. The van der Waals surface area contributed by atoms with Crippen LogP contribution in [0, 0.1) is 11.7 Å². The summed E-state index contributed by atoms with van der Waals surface area (Å²) in [6, 6.07) is 10.3. The van der Waals surface area contributed by atoms with Crippen LogP contribution in [0.1, 0.15) is 88.6 Å². The van der Waals surface area contributed by atoms with Crippen molar-refractivity contribution in [2.24, 2.45) is 5.92 Å². The molecule has 168 valence electrons. The fourth-order valence-electron chi connectivity index (χ4n) is 6.53. The largest absolute Gasteiger partial charge is 0.375 e. The van der Waals surface area contributed by atoms with Crippen LogP contribution < -0.4 is 5.32 Å². The minimum atomic E-state index is -0.154. The van der Waals surface area contributed by atoms with Crippen molar-refractivity contribution < 1.29 is 9.13 Å². The van der Waals surface area contributed by atoms with Gasteiger partial charge < -0.3 is 10.1 Å². The van der Waals surface area contributed by atoms with Gasteiger partial charge in [0.15, 0.2) is 0 Å². The van der Waals surface area contributed by atoms with Gasteiger partial charge in [0.25, 0.3) is 0 Å². The molecule has 31 heavy (non-hydrogen) atoms. The topological polar surface area (TPSA) is 39.1 Å². The highest BCUT2D eigenvalue weighted by Crippen LogP contribution is 2.50. The van der Waals surface area contributed by atoms with Gasteiger partial charge in [0.05, 0.1) is 23.4 Å². The number of rotatable bonds is 6. The molecule has 3 atom stereocenters. The summed E-state index contributed by atoms with van der Waals surface area (Å²) in [7, 11) is 0. The van der Waals surface area contributed by atoms with Gasteiger partial charge in [-0.3, -0.25) is 4.68 Å². The molecule has 2 aromatic rings. The fourth-order valence-corrected chi connectivity index (χ4v) is 6.53. The fraction of sp³-hybridized carbons (Fsp3) is 0.654. The number of ether oxygens (including phenoxy) is 1. The lowest BCUT2D eigenvalue weighted by atomic mass is 9.66. The van der Waals surface area contributed by atoms with E-state index in [-0.39, 0.29) is 16.8 Å². The van der Waals surface area contributed by atoms with Crippen molar-refractivity contribution in [1.82, 2.24) is 15.1 Å². The molecule has 1 aromatic carbocycles. The molecule has 0 radical (unpaired) electrons. The van der Waals surface area contributed by atoms with Gasteiger partial charge >= 0.3 is 0 Å². The van der Waals surface area contributed by atoms with Crippen LogP contribution in [-0.2, 0) is 10.2 Å². The van der Waals surface area contributed by atoms with Gasteiger partial charge in [-0.25, -0.2) is 4.39 Å². The Morgan fingerprint density at radius 1 is 1.16 bits per heavy atom. The zero-order valence-corrected chi connectivity index (χ0v) is 18.9. The molecule has 0 amide bonds. The molecule has 1 aliphatic carbocycles. The molecule has 2 aliphatic heterocycles. The average molecular weight is 426 g/mol. The third kappa shape index (κ3) is 3.95. The third-order valence-corrected chi connectivity index (χ3v) is 8.23. The Morgan fingerprint density at radius 2 is 1.94 bits per heavy atom. The van der Waals surface area contributed by atoms with Crippen LogP contribution in [0.4, 0.5) is 4.39 Å². The predicted octanol–water partition coefficient (Wildman–Crippen LogP) is 5.71. The van der Waals surface area contributed by atoms with E-state index in [4.69, 9.17) is 4.74 Å². The van der Waals surface area contributed by atoms with E-state index in [0.29, 0.717) is 18.0 Å². The maximum absolute atomic E-state index is 13.7. The smallest absolute Gasteiger partial charge is 0.123 e. The highest BCUT2D eigenvalue weighted by Gasteiger charge is 2.47. The Kier molecular flexibility index (Phi) is 5.68. The molecule has 1 aromatic heterocycles. The van der Waals surface area contributed by atoms with Crippen molar-refractivity contribution in [3.8, 4) is 0 Å².